The van der Waals surface area contributed by atoms with Crippen molar-refractivity contribution in [2.24, 2.45) is 5.73 Å². The Labute approximate surface area is 158 Å². The standard InChI is InChI=1S/C21H45NO.ClH/c1-3-4-5-6-7-8-9-10-11-12-13-14-15-16-17-18-21(22)19-20(2)23;/h20-21,23H,3-19,22H2,1-2H3;1H. The van der Waals surface area contributed by atoms with Gasteiger partial charge in [0, 0.05) is 6.04 Å². The molecular weight excluding hydrogens is 318 g/mol. The number of nitrogens with two attached hydrogens (primary N) is 1. The molecule has 0 bridgehead atoms. The second-order valence-electron chi connectivity index (χ2n) is 7.58. The molecule has 3 N–H and O–H groups in total. The molecule has 0 aliphatic rings. The van der Waals surface area contributed by atoms with Gasteiger partial charge in [-0.25, -0.2) is 0 Å². The molecule has 0 heterocycles. The summed E-state index contributed by atoms with van der Waals surface area (Å²) >= 11 is 0. The molecule has 24 heavy (non-hydrogen) atoms. The van der Waals surface area contributed by atoms with Gasteiger partial charge in [0.15, 0.2) is 0 Å². The summed E-state index contributed by atoms with van der Waals surface area (Å²) in [5.74, 6) is 0. The molecule has 0 rings (SSSR count). The SMILES string of the molecule is CCCCCCCCCCCCCCCCCC(N)CC(C)O.Cl. The van der Waals surface area contributed by atoms with Crippen molar-refractivity contribution in [2.45, 2.75) is 135 Å². The van der Waals surface area contributed by atoms with Gasteiger partial charge in [0.25, 0.3) is 0 Å². The number of hydrogen-bond donors (Lipinski definition) is 2. The molecule has 0 aliphatic heterocycles. The Bertz CT molecular complexity index is 224. The molecule has 0 aromatic rings. The van der Waals surface area contributed by atoms with Crippen LogP contribution in [0.15, 0.2) is 0 Å². The van der Waals surface area contributed by atoms with E-state index in [1.54, 1.807) is 0 Å². The van der Waals surface area contributed by atoms with Gasteiger partial charge >= 0.3 is 0 Å². The fourth-order valence-electron chi connectivity index (χ4n) is 3.33. The van der Waals surface area contributed by atoms with Gasteiger partial charge in [0.2, 0.25) is 0 Å². The number of aliphatic hydroxyl groups is 1. The van der Waals surface area contributed by atoms with Gasteiger partial charge in [-0.2, -0.15) is 0 Å². The van der Waals surface area contributed by atoms with Crippen LogP contribution < -0.4 is 5.73 Å². The zero-order valence-electron chi connectivity index (χ0n) is 16.6. The van der Waals surface area contributed by atoms with E-state index in [1.807, 2.05) is 6.92 Å². The summed E-state index contributed by atoms with van der Waals surface area (Å²) in [6, 6.07) is 0.192. The molecule has 0 aromatic carbocycles. The van der Waals surface area contributed by atoms with Gasteiger partial charge in [-0.1, -0.05) is 103 Å². The van der Waals surface area contributed by atoms with E-state index in [-0.39, 0.29) is 24.6 Å². The van der Waals surface area contributed by atoms with Gasteiger partial charge in [-0.05, 0) is 19.8 Å². The maximum absolute atomic E-state index is 9.27. The highest BCUT2D eigenvalue weighted by atomic mass is 35.5. The molecule has 3 heteroatoms. The van der Waals surface area contributed by atoms with Crippen LogP contribution in [0.1, 0.15) is 123 Å². The molecule has 0 radical (unpaired) electrons. The second-order valence-corrected chi connectivity index (χ2v) is 7.58. The number of halogens is 1. The summed E-state index contributed by atoms with van der Waals surface area (Å²) < 4.78 is 0. The number of rotatable bonds is 18. The Morgan fingerprint density at radius 2 is 1.00 bits per heavy atom. The van der Waals surface area contributed by atoms with Crippen LogP contribution in [0.4, 0.5) is 0 Å². The quantitative estimate of drug-likeness (QED) is 0.264. The highest BCUT2D eigenvalue weighted by Gasteiger charge is 2.05. The Balaban J connectivity index is 0. The first-order valence-electron chi connectivity index (χ1n) is 10.6. The maximum Gasteiger partial charge on any atom is 0.0526 e. The predicted molar refractivity (Wildman–Crippen MR) is 111 cm³/mol. The molecular formula is C21H46ClNO. The molecule has 0 fully saturated rings. The zero-order chi connectivity index (χ0) is 17.2. The van der Waals surface area contributed by atoms with Crippen molar-refractivity contribution in [3.8, 4) is 0 Å². The summed E-state index contributed by atoms with van der Waals surface area (Å²) in [6.45, 7) is 4.11. The zero-order valence-corrected chi connectivity index (χ0v) is 17.4. The highest BCUT2D eigenvalue weighted by molar-refractivity contribution is 5.85. The molecule has 0 spiro atoms. The van der Waals surface area contributed by atoms with E-state index in [0.29, 0.717) is 0 Å². The van der Waals surface area contributed by atoms with E-state index in [4.69, 9.17) is 5.73 Å². The Morgan fingerprint density at radius 1 is 0.667 bits per heavy atom. The van der Waals surface area contributed by atoms with Crippen LogP contribution in [0.3, 0.4) is 0 Å². The summed E-state index contributed by atoms with van der Waals surface area (Å²) in [5, 5.41) is 9.27. The first-order chi connectivity index (χ1) is 11.2. The molecule has 0 aliphatic carbocycles. The van der Waals surface area contributed by atoms with Crippen LogP contribution in [0.2, 0.25) is 0 Å². The topological polar surface area (TPSA) is 46.2 Å². The largest absolute Gasteiger partial charge is 0.393 e. The average molecular weight is 364 g/mol. The number of hydrogen-bond acceptors (Lipinski definition) is 2. The van der Waals surface area contributed by atoms with Crippen LogP contribution >= 0.6 is 12.4 Å². The maximum atomic E-state index is 9.27. The third-order valence-electron chi connectivity index (χ3n) is 4.82. The fraction of sp³-hybridized carbons (Fsp3) is 1.00. The molecule has 148 valence electrons. The number of aliphatic hydroxyl groups excluding tert-OH is 1. The lowest BCUT2D eigenvalue weighted by molar-refractivity contribution is 0.172. The Kier molecular flexibility index (Phi) is 23.4. The lowest BCUT2D eigenvalue weighted by Crippen LogP contribution is -2.24. The van der Waals surface area contributed by atoms with Crippen molar-refractivity contribution in [3.05, 3.63) is 0 Å². The van der Waals surface area contributed by atoms with E-state index in [1.165, 1.54) is 96.3 Å². The normalized spacial score (nSPS) is 13.5. The van der Waals surface area contributed by atoms with E-state index >= 15 is 0 Å². The molecule has 2 atom stereocenters. The van der Waals surface area contributed by atoms with Crippen molar-refractivity contribution in [1.82, 2.24) is 0 Å². The summed E-state index contributed by atoms with van der Waals surface area (Å²) in [4.78, 5) is 0. The minimum absolute atomic E-state index is 0. The third kappa shape index (κ3) is 22.2. The molecule has 0 aromatic heterocycles. The van der Waals surface area contributed by atoms with Gasteiger partial charge in [-0.3, -0.25) is 0 Å². The minimum atomic E-state index is -0.249. The average Bonchev–Trinajstić information content (AvgIpc) is 2.50. The molecule has 2 nitrogen and oxygen atoms in total. The molecule has 2 unspecified atom stereocenters. The van der Waals surface area contributed by atoms with Crippen LogP contribution in [0, 0.1) is 0 Å². The molecule has 0 saturated carbocycles. The van der Waals surface area contributed by atoms with Gasteiger partial charge < -0.3 is 10.8 Å². The second kappa shape index (κ2) is 21.3. The number of unbranched alkanes of at least 4 members (excludes halogenated alkanes) is 14. The molecule has 0 amide bonds. The minimum Gasteiger partial charge on any atom is -0.393 e. The van der Waals surface area contributed by atoms with E-state index in [0.717, 1.165) is 12.8 Å². The Hall–Kier alpha value is 0.210. The van der Waals surface area contributed by atoms with Crippen molar-refractivity contribution in [1.29, 1.82) is 0 Å². The highest BCUT2D eigenvalue weighted by Crippen LogP contribution is 2.14. The smallest absolute Gasteiger partial charge is 0.0526 e. The van der Waals surface area contributed by atoms with Crippen molar-refractivity contribution >= 4 is 12.4 Å². The van der Waals surface area contributed by atoms with Gasteiger partial charge in [-0.15, -0.1) is 12.4 Å². The van der Waals surface area contributed by atoms with Crippen LogP contribution in [-0.2, 0) is 0 Å². The van der Waals surface area contributed by atoms with E-state index in [2.05, 4.69) is 6.92 Å². The van der Waals surface area contributed by atoms with Crippen LogP contribution in [-0.4, -0.2) is 17.3 Å². The predicted octanol–water partition coefficient (Wildman–Crippen LogP) is 6.77. The third-order valence-corrected chi connectivity index (χ3v) is 4.82. The van der Waals surface area contributed by atoms with Gasteiger partial charge in [0.05, 0.1) is 6.10 Å². The van der Waals surface area contributed by atoms with Crippen molar-refractivity contribution < 1.29 is 5.11 Å². The summed E-state index contributed by atoms with van der Waals surface area (Å²) in [6.07, 6.45) is 22.6. The fourth-order valence-corrected chi connectivity index (χ4v) is 3.33. The van der Waals surface area contributed by atoms with Crippen LogP contribution in [0.25, 0.3) is 0 Å². The first kappa shape index (κ1) is 26.4. The van der Waals surface area contributed by atoms with Crippen LogP contribution in [0.5, 0.6) is 0 Å². The van der Waals surface area contributed by atoms with Gasteiger partial charge in [0.1, 0.15) is 0 Å². The summed E-state index contributed by atoms with van der Waals surface area (Å²) in [7, 11) is 0. The van der Waals surface area contributed by atoms with E-state index < -0.39 is 0 Å². The van der Waals surface area contributed by atoms with E-state index in [9.17, 15) is 5.11 Å². The first-order valence-corrected chi connectivity index (χ1v) is 10.6. The lowest BCUT2D eigenvalue weighted by Gasteiger charge is -2.12. The Morgan fingerprint density at radius 3 is 1.33 bits per heavy atom. The molecule has 0 saturated heterocycles. The monoisotopic (exact) mass is 363 g/mol. The summed E-state index contributed by atoms with van der Waals surface area (Å²) in [5.41, 5.74) is 5.97. The van der Waals surface area contributed by atoms with Crippen molar-refractivity contribution in [2.75, 3.05) is 0 Å². The van der Waals surface area contributed by atoms with Crippen molar-refractivity contribution in [3.63, 3.8) is 0 Å². The lowest BCUT2D eigenvalue weighted by atomic mass is 10.0.